The van der Waals surface area contributed by atoms with Crippen LogP contribution in [0.1, 0.15) is 5.69 Å². The Bertz CT molecular complexity index is 1170. The standard InChI is InChI=1S/C17H13ClF2N4O4S/c1-21-17(25)28-9-11-7-16(29(26,27)12-3-5-15(18)22-8-12)24(23-11)14-4-2-10(19)6-13(14)20/h2-8H,9H2,1H3,(H,21,25). The van der Waals surface area contributed by atoms with Crippen LogP contribution in [0, 0.1) is 11.6 Å². The summed E-state index contributed by atoms with van der Waals surface area (Å²) < 4.78 is 59.4. The molecule has 152 valence electrons. The zero-order chi connectivity index (χ0) is 21.2. The van der Waals surface area contributed by atoms with Gasteiger partial charge in [-0.1, -0.05) is 11.6 Å². The van der Waals surface area contributed by atoms with Crippen LogP contribution in [0.3, 0.4) is 0 Å². The Morgan fingerprint density at radius 1 is 1.24 bits per heavy atom. The fourth-order valence-corrected chi connectivity index (χ4v) is 3.80. The van der Waals surface area contributed by atoms with Crippen molar-refractivity contribution < 1.29 is 26.7 Å². The van der Waals surface area contributed by atoms with Gasteiger partial charge in [0.2, 0.25) is 9.84 Å². The predicted molar refractivity (Wildman–Crippen MR) is 97.4 cm³/mol. The molecule has 0 aliphatic heterocycles. The molecule has 2 aromatic heterocycles. The highest BCUT2D eigenvalue weighted by molar-refractivity contribution is 7.91. The minimum atomic E-state index is -4.22. The van der Waals surface area contributed by atoms with E-state index in [0.29, 0.717) is 6.07 Å². The lowest BCUT2D eigenvalue weighted by Crippen LogP contribution is -2.19. The molecule has 0 saturated carbocycles. The van der Waals surface area contributed by atoms with Crippen molar-refractivity contribution in [3.05, 3.63) is 65.1 Å². The van der Waals surface area contributed by atoms with Gasteiger partial charge in [0.25, 0.3) is 0 Å². The maximum atomic E-state index is 14.3. The average Bonchev–Trinajstić information content (AvgIpc) is 3.11. The van der Waals surface area contributed by atoms with Crippen molar-refractivity contribution >= 4 is 27.5 Å². The first-order chi connectivity index (χ1) is 13.7. The highest BCUT2D eigenvalue weighted by Gasteiger charge is 2.27. The monoisotopic (exact) mass is 442 g/mol. The summed E-state index contributed by atoms with van der Waals surface area (Å²) >= 11 is 5.70. The molecule has 0 bridgehead atoms. The Hall–Kier alpha value is -3.05. The van der Waals surface area contributed by atoms with E-state index >= 15 is 0 Å². The van der Waals surface area contributed by atoms with Crippen LogP contribution in [0.2, 0.25) is 5.15 Å². The Balaban J connectivity index is 2.14. The van der Waals surface area contributed by atoms with E-state index in [2.05, 4.69) is 15.4 Å². The number of nitrogens with one attached hydrogen (secondary N) is 1. The summed E-state index contributed by atoms with van der Waals surface area (Å²) in [6.07, 6.45) is 0.273. The van der Waals surface area contributed by atoms with Gasteiger partial charge in [0.15, 0.2) is 10.8 Å². The van der Waals surface area contributed by atoms with Crippen LogP contribution in [-0.2, 0) is 21.2 Å². The number of alkyl carbamates (subject to hydrolysis) is 1. The van der Waals surface area contributed by atoms with Gasteiger partial charge < -0.3 is 10.1 Å². The molecule has 0 fully saturated rings. The molecule has 0 spiro atoms. The summed E-state index contributed by atoms with van der Waals surface area (Å²) in [7, 11) is -2.88. The van der Waals surface area contributed by atoms with Crippen molar-refractivity contribution in [3.63, 3.8) is 0 Å². The van der Waals surface area contributed by atoms with Crippen LogP contribution in [0.15, 0.2) is 52.5 Å². The third-order valence-electron chi connectivity index (χ3n) is 3.71. The lowest BCUT2D eigenvalue weighted by Gasteiger charge is -2.09. The van der Waals surface area contributed by atoms with Crippen LogP contribution in [0.25, 0.3) is 5.69 Å². The zero-order valence-electron chi connectivity index (χ0n) is 14.8. The predicted octanol–water partition coefficient (Wildman–Crippen LogP) is 2.89. The molecular formula is C17H13ClF2N4O4S. The van der Waals surface area contributed by atoms with Crippen LogP contribution >= 0.6 is 11.6 Å². The number of ether oxygens (including phenoxy) is 1. The average molecular weight is 443 g/mol. The Labute approximate surface area is 169 Å². The van der Waals surface area contributed by atoms with Gasteiger partial charge >= 0.3 is 6.09 Å². The third-order valence-corrected chi connectivity index (χ3v) is 5.63. The van der Waals surface area contributed by atoms with E-state index in [4.69, 9.17) is 16.3 Å². The fourth-order valence-electron chi connectivity index (χ4n) is 2.35. The number of hydrogen-bond donors (Lipinski definition) is 1. The van der Waals surface area contributed by atoms with Gasteiger partial charge in [-0.3, -0.25) is 0 Å². The summed E-state index contributed by atoms with van der Waals surface area (Å²) in [6, 6.07) is 6.22. The van der Waals surface area contributed by atoms with Crippen LogP contribution in [0.4, 0.5) is 13.6 Å². The number of hydrogen-bond acceptors (Lipinski definition) is 6. The SMILES string of the molecule is CNC(=O)OCc1cc(S(=O)(=O)c2ccc(Cl)nc2)n(-c2ccc(F)cc2F)n1. The Kier molecular flexibility index (Phi) is 5.80. The molecule has 0 aliphatic carbocycles. The molecule has 1 amide bonds. The lowest BCUT2D eigenvalue weighted by atomic mass is 10.3. The maximum Gasteiger partial charge on any atom is 0.407 e. The second kappa shape index (κ2) is 8.13. The van der Waals surface area contributed by atoms with Gasteiger partial charge in [0.05, 0.1) is 4.90 Å². The van der Waals surface area contributed by atoms with Gasteiger partial charge in [0.1, 0.15) is 29.0 Å². The van der Waals surface area contributed by atoms with Gasteiger partial charge in [-0.25, -0.2) is 31.7 Å². The molecule has 1 N–H and O–H groups in total. The van der Waals surface area contributed by atoms with Crippen molar-refractivity contribution in [1.29, 1.82) is 0 Å². The maximum absolute atomic E-state index is 14.3. The third kappa shape index (κ3) is 4.35. The summed E-state index contributed by atoms with van der Waals surface area (Å²) in [4.78, 5) is 14.8. The topological polar surface area (TPSA) is 103 Å². The molecule has 3 aromatic rings. The number of aromatic nitrogens is 3. The number of carbonyl (C=O) groups is 1. The van der Waals surface area contributed by atoms with E-state index < -0.39 is 32.6 Å². The van der Waals surface area contributed by atoms with E-state index in [1.54, 1.807) is 0 Å². The molecule has 3 rings (SSSR count). The molecule has 8 nitrogen and oxygen atoms in total. The second-order valence-electron chi connectivity index (χ2n) is 5.63. The Morgan fingerprint density at radius 3 is 2.62 bits per heavy atom. The van der Waals surface area contributed by atoms with E-state index in [9.17, 15) is 22.0 Å². The lowest BCUT2D eigenvalue weighted by molar-refractivity contribution is 0.140. The Morgan fingerprint density at radius 2 is 2.00 bits per heavy atom. The summed E-state index contributed by atoms with van der Waals surface area (Å²) in [5, 5.41) is 5.90. The number of sulfone groups is 1. The van der Waals surface area contributed by atoms with Crippen molar-refractivity contribution in [2.24, 2.45) is 0 Å². The number of nitrogens with zero attached hydrogens (tertiary/aromatic N) is 3. The molecular weight excluding hydrogens is 430 g/mol. The zero-order valence-corrected chi connectivity index (χ0v) is 16.3. The first kappa shape index (κ1) is 20.7. The quantitative estimate of drug-likeness (QED) is 0.609. The highest BCUT2D eigenvalue weighted by atomic mass is 35.5. The first-order valence-electron chi connectivity index (χ1n) is 7.98. The number of amides is 1. The van der Waals surface area contributed by atoms with E-state index in [0.717, 1.165) is 29.1 Å². The van der Waals surface area contributed by atoms with Gasteiger partial charge in [-0.05, 0) is 24.3 Å². The molecule has 12 heteroatoms. The molecule has 0 aliphatic rings. The molecule has 0 unspecified atom stereocenters. The van der Waals surface area contributed by atoms with Crippen LogP contribution in [-0.4, -0.2) is 36.3 Å². The molecule has 29 heavy (non-hydrogen) atoms. The van der Waals surface area contributed by atoms with Crippen molar-refractivity contribution in [1.82, 2.24) is 20.1 Å². The molecule has 0 saturated heterocycles. The van der Waals surface area contributed by atoms with Gasteiger partial charge in [0, 0.05) is 25.4 Å². The summed E-state index contributed by atoms with van der Waals surface area (Å²) in [6.45, 7) is -0.378. The number of pyridine rings is 1. The van der Waals surface area contributed by atoms with Crippen LogP contribution < -0.4 is 5.32 Å². The molecule has 0 radical (unpaired) electrons. The number of benzene rings is 1. The van der Waals surface area contributed by atoms with E-state index in [1.807, 2.05) is 0 Å². The van der Waals surface area contributed by atoms with E-state index in [1.165, 1.54) is 19.2 Å². The van der Waals surface area contributed by atoms with E-state index in [-0.39, 0.29) is 28.0 Å². The molecule has 2 heterocycles. The molecule has 0 atom stereocenters. The largest absolute Gasteiger partial charge is 0.443 e. The van der Waals surface area contributed by atoms with Crippen LogP contribution in [0.5, 0.6) is 0 Å². The smallest absolute Gasteiger partial charge is 0.407 e. The second-order valence-corrected chi connectivity index (χ2v) is 7.91. The highest BCUT2D eigenvalue weighted by Crippen LogP contribution is 2.26. The summed E-state index contributed by atoms with van der Waals surface area (Å²) in [5.74, 6) is -1.87. The minimum absolute atomic E-state index is 0.0258. The van der Waals surface area contributed by atoms with Crippen molar-refractivity contribution in [3.8, 4) is 5.69 Å². The summed E-state index contributed by atoms with van der Waals surface area (Å²) in [5.41, 5.74) is -0.282. The molecule has 1 aromatic carbocycles. The minimum Gasteiger partial charge on any atom is -0.443 e. The van der Waals surface area contributed by atoms with Gasteiger partial charge in [-0.15, -0.1) is 0 Å². The fraction of sp³-hybridized carbons (Fsp3) is 0.118. The number of halogens is 3. The van der Waals surface area contributed by atoms with Crippen molar-refractivity contribution in [2.75, 3.05) is 7.05 Å². The number of rotatable bonds is 5. The normalized spacial score (nSPS) is 11.3. The van der Waals surface area contributed by atoms with Gasteiger partial charge in [-0.2, -0.15) is 5.10 Å². The first-order valence-corrected chi connectivity index (χ1v) is 9.84. The van der Waals surface area contributed by atoms with Crippen molar-refractivity contribution in [2.45, 2.75) is 16.5 Å². The number of carbonyl (C=O) groups excluding carboxylic acids is 1.